The van der Waals surface area contributed by atoms with Gasteiger partial charge in [0.05, 0.1) is 32.9 Å². The molecule has 13 nitrogen and oxygen atoms in total. The number of non-ortho nitro benzene ring substituents is 2. The largest absolute Gasteiger partial charge is 0.350 e. The molecule has 0 radical (unpaired) electrons. The predicted molar refractivity (Wildman–Crippen MR) is 81.0 cm³/mol. The minimum absolute atomic E-state index is 0.00809. The Morgan fingerprint density at radius 3 is 2.04 bits per heavy atom. The maximum Gasteiger partial charge on any atom is 0.306 e. The Hall–Kier alpha value is -3.90. The molecule has 0 saturated heterocycles. The van der Waals surface area contributed by atoms with Crippen LogP contribution in [0.15, 0.2) is 30.6 Å². The van der Waals surface area contributed by atoms with Gasteiger partial charge in [0.25, 0.3) is 17.3 Å². The van der Waals surface area contributed by atoms with Crippen molar-refractivity contribution in [3.8, 4) is 0 Å². The Labute approximate surface area is 138 Å². The van der Waals surface area contributed by atoms with Crippen molar-refractivity contribution in [2.75, 3.05) is 6.54 Å². The van der Waals surface area contributed by atoms with E-state index in [9.17, 15) is 35.1 Å². The molecule has 0 atom stereocenters. The van der Waals surface area contributed by atoms with Crippen LogP contribution in [-0.4, -0.2) is 37.0 Å². The molecule has 13 heteroatoms. The van der Waals surface area contributed by atoms with Gasteiger partial charge in [0.15, 0.2) is 0 Å². The highest BCUT2D eigenvalue weighted by Gasteiger charge is 2.19. The number of rotatable bonds is 7. The van der Waals surface area contributed by atoms with E-state index in [1.807, 2.05) is 0 Å². The molecule has 1 N–H and O–H groups in total. The van der Waals surface area contributed by atoms with E-state index in [2.05, 4.69) is 10.4 Å². The zero-order valence-corrected chi connectivity index (χ0v) is 12.4. The van der Waals surface area contributed by atoms with Gasteiger partial charge in [0, 0.05) is 18.7 Å². The van der Waals surface area contributed by atoms with Gasteiger partial charge in [-0.2, -0.15) is 5.10 Å². The smallest absolute Gasteiger partial charge is 0.306 e. The molecule has 0 aliphatic rings. The minimum atomic E-state index is -0.841. The number of aromatic nitrogens is 2. The van der Waals surface area contributed by atoms with Crippen molar-refractivity contribution in [3.05, 3.63) is 66.5 Å². The summed E-state index contributed by atoms with van der Waals surface area (Å²) in [6, 6.07) is 2.59. The number of amides is 1. The summed E-state index contributed by atoms with van der Waals surface area (Å²) in [6.45, 7) is 0.116. The first kappa shape index (κ1) is 17.5. The molecule has 0 bridgehead atoms. The van der Waals surface area contributed by atoms with Crippen LogP contribution < -0.4 is 5.32 Å². The Kier molecular flexibility index (Phi) is 4.97. The van der Waals surface area contributed by atoms with Crippen LogP contribution >= 0.6 is 0 Å². The van der Waals surface area contributed by atoms with Crippen molar-refractivity contribution < 1.29 is 19.6 Å². The second kappa shape index (κ2) is 7.12. The first-order chi connectivity index (χ1) is 11.8. The maximum atomic E-state index is 12.0. The first-order valence-corrected chi connectivity index (χ1v) is 6.67. The van der Waals surface area contributed by atoms with Crippen molar-refractivity contribution in [1.29, 1.82) is 0 Å². The summed E-state index contributed by atoms with van der Waals surface area (Å²) in [4.78, 5) is 41.8. The standard InChI is InChI=1S/C12H10N6O7/c19-12(13-1-2-15-7-11(6-14-15)18(24)25)8-3-9(16(20)21)5-10(4-8)17(22)23/h3-7H,1-2H2,(H,13,19). The molecule has 2 rings (SSSR count). The molecule has 130 valence electrons. The van der Waals surface area contributed by atoms with Gasteiger partial charge >= 0.3 is 5.69 Å². The third-order valence-electron chi connectivity index (χ3n) is 3.04. The summed E-state index contributed by atoms with van der Waals surface area (Å²) < 4.78 is 1.23. The third kappa shape index (κ3) is 4.31. The van der Waals surface area contributed by atoms with Crippen molar-refractivity contribution in [3.63, 3.8) is 0 Å². The summed E-state index contributed by atoms with van der Waals surface area (Å²) >= 11 is 0. The highest BCUT2D eigenvalue weighted by atomic mass is 16.6. The van der Waals surface area contributed by atoms with Crippen LogP contribution in [0, 0.1) is 30.3 Å². The van der Waals surface area contributed by atoms with Gasteiger partial charge in [0.2, 0.25) is 0 Å². The van der Waals surface area contributed by atoms with Crippen molar-refractivity contribution in [2.45, 2.75) is 6.54 Å². The van der Waals surface area contributed by atoms with E-state index in [1.54, 1.807) is 0 Å². The monoisotopic (exact) mass is 350 g/mol. The Morgan fingerprint density at radius 2 is 1.56 bits per heavy atom. The van der Waals surface area contributed by atoms with E-state index in [-0.39, 0.29) is 24.3 Å². The van der Waals surface area contributed by atoms with Crippen molar-refractivity contribution in [1.82, 2.24) is 15.1 Å². The molecule has 0 aliphatic heterocycles. The number of hydrogen-bond donors (Lipinski definition) is 1. The van der Waals surface area contributed by atoms with Gasteiger partial charge in [0.1, 0.15) is 12.4 Å². The van der Waals surface area contributed by atoms with E-state index < -0.39 is 32.1 Å². The summed E-state index contributed by atoms with van der Waals surface area (Å²) in [5, 5.41) is 38.2. The van der Waals surface area contributed by atoms with E-state index >= 15 is 0 Å². The Morgan fingerprint density at radius 1 is 1.00 bits per heavy atom. The van der Waals surface area contributed by atoms with Gasteiger partial charge in [-0.3, -0.25) is 39.8 Å². The zero-order valence-electron chi connectivity index (χ0n) is 12.4. The lowest BCUT2D eigenvalue weighted by Crippen LogP contribution is -2.27. The number of nitrogens with zero attached hydrogens (tertiary/aromatic N) is 5. The van der Waals surface area contributed by atoms with Crippen LogP contribution in [0.4, 0.5) is 17.1 Å². The predicted octanol–water partition coefficient (Wildman–Crippen LogP) is 1.04. The van der Waals surface area contributed by atoms with E-state index in [0.29, 0.717) is 0 Å². The van der Waals surface area contributed by atoms with Gasteiger partial charge in [-0.05, 0) is 0 Å². The number of nitrogens with one attached hydrogen (secondary N) is 1. The highest BCUT2D eigenvalue weighted by Crippen LogP contribution is 2.22. The molecule has 0 spiro atoms. The number of carbonyl (C=O) groups excluding carboxylic acids is 1. The molecule has 1 heterocycles. The lowest BCUT2D eigenvalue weighted by Gasteiger charge is -2.05. The van der Waals surface area contributed by atoms with Crippen LogP contribution in [0.1, 0.15) is 10.4 Å². The molecule has 1 aromatic carbocycles. The molecular weight excluding hydrogens is 340 g/mol. The molecular formula is C12H10N6O7. The SMILES string of the molecule is O=C(NCCn1cc([N+](=O)[O-])cn1)c1cc([N+](=O)[O-])cc([N+](=O)[O-])c1. The quantitative estimate of drug-likeness (QED) is 0.568. The molecule has 0 fully saturated rings. The second-order valence-electron chi connectivity index (χ2n) is 4.73. The number of nitro benzene ring substituents is 2. The molecule has 0 saturated carbocycles. The number of carbonyl (C=O) groups is 1. The van der Waals surface area contributed by atoms with Crippen LogP contribution in [-0.2, 0) is 6.54 Å². The lowest BCUT2D eigenvalue weighted by molar-refractivity contribution is -0.394. The number of hydrogen-bond acceptors (Lipinski definition) is 8. The summed E-state index contributed by atoms with van der Waals surface area (Å²) in [7, 11) is 0. The number of nitro groups is 3. The van der Waals surface area contributed by atoms with E-state index in [1.165, 1.54) is 10.9 Å². The van der Waals surface area contributed by atoms with Crippen LogP contribution in [0.5, 0.6) is 0 Å². The fourth-order valence-electron chi connectivity index (χ4n) is 1.89. The van der Waals surface area contributed by atoms with Crippen molar-refractivity contribution in [2.24, 2.45) is 0 Å². The molecule has 2 aromatic rings. The fraction of sp³-hybridized carbons (Fsp3) is 0.167. The average molecular weight is 350 g/mol. The average Bonchev–Trinajstić information content (AvgIpc) is 3.03. The summed E-state index contributed by atoms with van der Waals surface area (Å²) in [6.07, 6.45) is 2.22. The normalized spacial score (nSPS) is 10.2. The van der Waals surface area contributed by atoms with E-state index in [4.69, 9.17) is 0 Å². The van der Waals surface area contributed by atoms with E-state index in [0.717, 1.165) is 24.4 Å². The van der Waals surface area contributed by atoms with Gasteiger partial charge < -0.3 is 5.32 Å². The summed E-state index contributed by atoms with van der Waals surface area (Å²) in [5.41, 5.74) is -1.61. The molecule has 0 unspecified atom stereocenters. The lowest BCUT2D eigenvalue weighted by atomic mass is 10.1. The van der Waals surface area contributed by atoms with Crippen molar-refractivity contribution >= 4 is 23.0 Å². The Balaban J connectivity index is 2.05. The Bertz CT molecular complexity index is 829. The van der Waals surface area contributed by atoms with Crippen LogP contribution in [0.25, 0.3) is 0 Å². The highest BCUT2D eigenvalue weighted by molar-refractivity contribution is 5.95. The summed E-state index contributed by atoms with van der Waals surface area (Å²) in [5.74, 6) is -0.756. The first-order valence-electron chi connectivity index (χ1n) is 6.67. The fourth-order valence-corrected chi connectivity index (χ4v) is 1.89. The van der Waals surface area contributed by atoms with Crippen LogP contribution in [0.2, 0.25) is 0 Å². The molecule has 0 aliphatic carbocycles. The minimum Gasteiger partial charge on any atom is -0.350 e. The molecule has 25 heavy (non-hydrogen) atoms. The van der Waals surface area contributed by atoms with Gasteiger partial charge in [-0.1, -0.05) is 0 Å². The van der Waals surface area contributed by atoms with Gasteiger partial charge in [-0.15, -0.1) is 0 Å². The van der Waals surface area contributed by atoms with Crippen LogP contribution in [0.3, 0.4) is 0 Å². The molecule has 1 amide bonds. The van der Waals surface area contributed by atoms with Gasteiger partial charge in [-0.25, -0.2) is 0 Å². The zero-order chi connectivity index (χ0) is 18.6. The second-order valence-corrected chi connectivity index (χ2v) is 4.73. The molecule has 1 aromatic heterocycles. The topological polar surface area (TPSA) is 176 Å². The maximum absolute atomic E-state index is 12.0. The third-order valence-corrected chi connectivity index (χ3v) is 3.04. The number of benzene rings is 1.